The number of fused-ring (bicyclic) bond motifs is 1. The molecule has 1 fully saturated rings. The minimum Gasteiger partial charge on any atom is -0.463 e. The first-order valence-electron chi connectivity index (χ1n) is 12.9. The standard InChI is InChI=1S/C26H38N4O3S/c1-3-16-34-17-10-14-29-24(31)22-18-21(23-13-9-15-33-23)28-30(22)19-26(29,2)25(32)27-20-11-7-5-4-6-8-12-20/h9,13,15,18,20H,3-8,10-12,14,16-17,19H2,1-2H3,(H,27,32). The van der Waals surface area contributed by atoms with Crippen molar-refractivity contribution in [3.8, 4) is 11.5 Å². The fourth-order valence-corrected chi connectivity index (χ4v) is 5.87. The summed E-state index contributed by atoms with van der Waals surface area (Å²) in [4.78, 5) is 29.2. The second-order valence-corrected chi connectivity index (χ2v) is 11.0. The van der Waals surface area contributed by atoms with E-state index in [2.05, 4.69) is 17.3 Å². The van der Waals surface area contributed by atoms with Crippen LogP contribution in [0.25, 0.3) is 11.5 Å². The van der Waals surface area contributed by atoms with E-state index in [0.717, 1.165) is 50.0 Å². The molecule has 0 aromatic carbocycles. The van der Waals surface area contributed by atoms with Crippen molar-refractivity contribution in [3.63, 3.8) is 0 Å². The van der Waals surface area contributed by atoms with Crippen LogP contribution in [-0.2, 0) is 11.3 Å². The molecule has 0 radical (unpaired) electrons. The third-order valence-electron chi connectivity index (χ3n) is 7.02. The molecule has 8 heteroatoms. The highest BCUT2D eigenvalue weighted by Gasteiger charge is 2.48. The van der Waals surface area contributed by atoms with Gasteiger partial charge in [0, 0.05) is 18.7 Å². The topological polar surface area (TPSA) is 80.4 Å². The zero-order chi connectivity index (χ0) is 24.0. The molecule has 2 aromatic rings. The smallest absolute Gasteiger partial charge is 0.273 e. The number of hydrogen-bond donors (Lipinski definition) is 1. The van der Waals surface area contributed by atoms with Crippen LogP contribution in [0.2, 0.25) is 0 Å². The van der Waals surface area contributed by atoms with Gasteiger partial charge in [-0.05, 0) is 56.2 Å². The SMILES string of the molecule is CCCSCCCN1C(=O)c2cc(-c3ccco3)nn2CC1(C)C(=O)NC1CCCCCCC1. The second-order valence-electron chi connectivity index (χ2n) is 9.76. The molecule has 186 valence electrons. The van der Waals surface area contributed by atoms with Crippen molar-refractivity contribution in [1.82, 2.24) is 20.0 Å². The number of aromatic nitrogens is 2. The Balaban J connectivity index is 1.56. The van der Waals surface area contributed by atoms with E-state index in [1.807, 2.05) is 30.8 Å². The van der Waals surface area contributed by atoms with Crippen LogP contribution in [0.4, 0.5) is 0 Å². The van der Waals surface area contributed by atoms with Gasteiger partial charge in [-0.25, -0.2) is 0 Å². The molecule has 1 saturated carbocycles. The van der Waals surface area contributed by atoms with Crippen LogP contribution in [0.5, 0.6) is 0 Å². The number of furan rings is 1. The molecule has 0 saturated heterocycles. The maximum Gasteiger partial charge on any atom is 0.273 e. The average molecular weight is 487 g/mol. The molecule has 7 nitrogen and oxygen atoms in total. The van der Waals surface area contributed by atoms with Crippen LogP contribution >= 0.6 is 11.8 Å². The van der Waals surface area contributed by atoms with Gasteiger partial charge >= 0.3 is 0 Å². The van der Waals surface area contributed by atoms with E-state index in [1.165, 1.54) is 19.3 Å². The highest BCUT2D eigenvalue weighted by molar-refractivity contribution is 7.99. The predicted octanol–water partition coefficient (Wildman–Crippen LogP) is 5.12. The first-order valence-corrected chi connectivity index (χ1v) is 14.0. The molecule has 0 spiro atoms. The number of amides is 2. The Morgan fingerprint density at radius 2 is 2.00 bits per heavy atom. The van der Waals surface area contributed by atoms with E-state index >= 15 is 0 Å². The summed E-state index contributed by atoms with van der Waals surface area (Å²) >= 11 is 1.90. The summed E-state index contributed by atoms with van der Waals surface area (Å²) in [6.07, 6.45) is 11.7. The van der Waals surface area contributed by atoms with Gasteiger partial charge in [0.05, 0.1) is 12.8 Å². The summed E-state index contributed by atoms with van der Waals surface area (Å²) in [6, 6.07) is 5.61. The molecule has 1 unspecified atom stereocenters. The quantitative estimate of drug-likeness (QED) is 0.498. The van der Waals surface area contributed by atoms with Gasteiger partial charge in [-0.2, -0.15) is 16.9 Å². The largest absolute Gasteiger partial charge is 0.463 e. The third-order valence-corrected chi connectivity index (χ3v) is 8.29. The Morgan fingerprint density at radius 1 is 1.24 bits per heavy atom. The number of rotatable bonds is 9. The molecule has 2 amide bonds. The Hall–Kier alpha value is -2.22. The summed E-state index contributed by atoms with van der Waals surface area (Å²) in [7, 11) is 0. The van der Waals surface area contributed by atoms with Crippen molar-refractivity contribution >= 4 is 23.6 Å². The monoisotopic (exact) mass is 486 g/mol. The molecule has 1 aliphatic carbocycles. The number of carbonyl (C=O) groups excluding carboxylic acids is 2. The number of nitrogens with one attached hydrogen (secondary N) is 1. The lowest BCUT2D eigenvalue weighted by atomic mass is 9.92. The molecule has 4 rings (SSSR count). The Labute approximate surface area is 207 Å². The summed E-state index contributed by atoms with van der Waals surface area (Å²) in [5.74, 6) is 2.53. The first-order chi connectivity index (χ1) is 16.5. The van der Waals surface area contributed by atoms with Gasteiger partial charge in [-0.1, -0.05) is 39.0 Å². The highest BCUT2D eigenvalue weighted by atomic mass is 32.2. The molecule has 34 heavy (non-hydrogen) atoms. The van der Waals surface area contributed by atoms with Crippen molar-refractivity contribution < 1.29 is 14.0 Å². The second kappa shape index (κ2) is 11.5. The molecule has 1 N–H and O–H groups in total. The van der Waals surface area contributed by atoms with E-state index in [4.69, 9.17) is 4.42 Å². The summed E-state index contributed by atoms with van der Waals surface area (Å²) in [5, 5.41) is 7.97. The maximum absolute atomic E-state index is 13.8. The van der Waals surface area contributed by atoms with Crippen molar-refractivity contribution in [1.29, 1.82) is 0 Å². The lowest BCUT2D eigenvalue weighted by Gasteiger charge is -2.44. The number of carbonyl (C=O) groups is 2. The molecule has 1 atom stereocenters. The van der Waals surface area contributed by atoms with Crippen molar-refractivity contribution in [3.05, 3.63) is 30.2 Å². The zero-order valence-electron chi connectivity index (χ0n) is 20.6. The predicted molar refractivity (Wildman–Crippen MR) is 136 cm³/mol. The maximum atomic E-state index is 13.8. The van der Waals surface area contributed by atoms with Gasteiger partial charge in [0.25, 0.3) is 5.91 Å². The lowest BCUT2D eigenvalue weighted by Crippen LogP contribution is -2.65. The fourth-order valence-electron chi connectivity index (χ4n) is 5.05. The van der Waals surface area contributed by atoms with Crippen LogP contribution in [0.1, 0.15) is 82.1 Å². The molecule has 2 aromatic heterocycles. The van der Waals surface area contributed by atoms with E-state index in [9.17, 15) is 9.59 Å². The highest BCUT2D eigenvalue weighted by Crippen LogP contribution is 2.31. The fraction of sp³-hybridized carbons (Fsp3) is 0.654. The molecule has 1 aliphatic heterocycles. The normalized spacial score (nSPS) is 21.7. The number of hydrogen-bond acceptors (Lipinski definition) is 5. The Morgan fingerprint density at radius 3 is 2.71 bits per heavy atom. The average Bonchev–Trinajstić information content (AvgIpc) is 3.47. The van der Waals surface area contributed by atoms with E-state index in [0.29, 0.717) is 30.2 Å². The third kappa shape index (κ3) is 5.53. The lowest BCUT2D eigenvalue weighted by molar-refractivity contribution is -0.134. The Bertz CT molecular complexity index is 949. The van der Waals surface area contributed by atoms with Gasteiger partial charge < -0.3 is 14.6 Å². The molecule has 0 bridgehead atoms. The molecular formula is C26H38N4O3S. The van der Waals surface area contributed by atoms with Crippen LogP contribution in [0, 0.1) is 0 Å². The zero-order valence-corrected chi connectivity index (χ0v) is 21.4. The summed E-state index contributed by atoms with van der Waals surface area (Å²) in [5.41, 5.74) is 0.161. The minimum atomic E-state index is -0.978. The summed E-state index contributed by atoms with van der Waals surface area (Å²) < 4.78 is 7.20. The molecule has 2 aliphatic rings. The molecule has 3 heterocycles. The van der Waals surface area contributed by atoms with Crippen LogP contribution in [0.15, 0.2) is 28.9 Å². The van der Waals surface area contributed by atoms with Crippen LogP contribution in [0.3, 0.4) is 0 Å². The summed E-state index contributed by atoms with van der Waals surface area (Å²) in [6.45, 7) is 4.98. The van der Waals surface area contributed by atoms with Gasteiger partial charge in [-0.15, -0.1) is 0 Å². The van der Waals surface area contributed by atoms with Gasteiger partial charge in [0.15, 0.2) is 5.76 Å². The van der Waals surface area contributed by atoms with Crippen molar-refractivity contribution in [2.45, 2.75) is 89.8 Å². The first kappa shape index (κ1) is 24.9. The van der Waals surface area contributed by atoms with E-state index < -0.39 is 5.54 Å². The van der Waals surface area contributed by atoms with Crippen LogP contribution < -0.4 is 5.32 Å². The van der Waals surface area contributed by atoms with Gasteiger partial charge in [0.1, 0.15) is 16.9 Å². The van der Waals surface area contributed by atoms with Crippen molar-refractivity contribution in [2.24, 2.45) is 0 Å². The number of nitrogens with zero attached hydrogens (tertiary/aromatic N) is 3. The van der Waals surface area contributed by atoms with Gasteiger partial charge in [-0.3, -0.25) is 14.3 Å². The van der Waals surface area contributed by atoms with Gasteiger partial charge in [0.2, 0.25) is 5.91 Å². The van der Waals surface area contributed by atoms with E-state index in [-0.39, 0.29) is 17.9 Å². The van der Waals surface area contributed by atoms with Crippen LogP contribution in [-0.4, -0.2) is 56.1 Å². The van der Waals surface area contributed by atoms with Crippen molar-refractivity contribution in [2.75, 3.05) is 18.1 Å². The molecular weight excluding hydrogens is 448 g/mol. The minimum absolute atomic E-state index is 0.0617. The number of thioether (sulfide) groups is 1. The Kier molecular flexibility index (Phi) is 8.40. The van der Waals surface area contributed by atoms with E-state index in [1.54, 1.807) is 21.9 Å².